The Morgan fingerprint density at radius 3 is 1.43 bits per heavy atom. The molecule has 0 rings (SSSR count). The maximum absolute atomic E-state index is 3.67. The van der Waals surface area contributed by atoms with Gasteiger partial charge < -0.3 is 14.9 Å². The van der Waals surface area contributed by atoms with Crippen molar-refractivity contribution in [2.24, 2.45) is 0 Å². The molecule has 0 fully saturated rings. The smallest absolute Gasteiger partial charge is 0.284 e. The van der Waals surface area contributed by atoms with E-state index in [0.717, 1.165) is 19.6 Å². The lowest BCUT2D eigenvalue weighted by atomic mass is 10.4. The first kappa shape index (κ1) is 14.1. The van der Waals surface area contributed by atoms with E-state index in [1.54, 1.807) is 0 Å². The quantitative estimate of drug-likeness (QED) is 0.540. The standard InChI is InChI=1S/C10H27N3Si/c1-6-10(5)14(11-7-2,12-8-3)13-9-4/h10-13H,6-9H2,1-5H3. The zero-order valence-electron chi connectivity index (χ0n) is 10.4. The van der Waals surface area contributed by atoms with Crippen molar-refractivity contribution in [3.63, 3.8) is 0 Å². The molecule has 0 saturated carbocycles. The SMILES string of the molecule is CCN[Si](NCC)(NCC)C(C)CC. The summed E-state index contributed by atoms with van der Waals surface area (Å²) in [4.78, 5) is 11.0. The van der Waals surface area contributed by atoms with Gasteiger partial charge in [-0.05, 0) is 25.2 Å². The molecule has 0 aromatic carbocycles. The second-order valence-electron chi connectivity index (χ2n) is 3.71. The summed E-state index contributed by atoms with van der Waals surface area (Å²) in [5.74, 6) is 0. The van der Waals surface area contributed by atoms with Gasteiger partial charge in [-0.25, -0.2) is 0 Å². The highest BCUT2D eigenvalue weighted by molar-refractivity contribution is 6.74. The van der Waals surface area contributed by atoms with Gasteiger partial charge >= 0.3 is 0 Å². The van der Waals surface area contributed by atoms with Crippen LogP contribution in [0.5, 0.6) is 0 Å². The normalized spacial score (nSPS) is 14.4. The van der Waals surface area contributed by atoms with E-state index >= 15 is 0 Å². The zero-order chi connectivity index (χ0) is 11.0. The van der Waals surface area contributed by atoms with Crippen LogP contribution in [0, 0.1) is 0 Å². The average Bonchev–Trinajstić information content (AvgIpc) is 2.17. The Morgan fingerprint density at radius 2 is 1.21 bits per heavy atom. The van der Waals surface area contributed by atoms with E-state index in [1.807, 2.05) is 0 Å². The Hall–Kier alpha value is 0.0969. The van der Waals surface area contributed by atoms with Crippen molar-refractivity contribution in [3.8, 4) is 0 Å². The van der Waals surface area contributed by atoms with Crippen LogP contribution in [0.4, 0.5) is 0 Å². The fraction of sp³-hybridized carbons (Fsp3) is 1.00. The van der Waals surface area contributed by atoms with Crippen LogP contribution < -0.4 is 14.9 Å². The van der Waals surface area contributed by atoms with Crippen molar-refractivity contribution in [2.45, 2.75) is 46.6 Å². The minimum atomic E-state index is -1.65. The number of hydrogen-bond donors (Lipinski definition) is 3. The number of nitrogens with one attached hydrogen (secondary N) is 3. The lowest BCUT2D eigenvalue weighted by Crippen LogP contribution is -2.74. The van der Waals surface area contributed by atoms with Crippen LogP contribution in [0.2, 0.25) is 5.54 Å². The molecular formula is C10H27N3Si. The topological polar surface area (TPSA) is 36.1 Å². The van der Waals surface area contributed by atoms with E-state index < -0.39 is 8.56 Å². The van der Waals surface area contributed by atoms with Crippen molar-refractivity contribution >= 4 is 8.56 Å². The van der Waals surface area contributed by atoms with Crippen LogP contribution in [-0.2, 0) is 0 Å². The van der Waals surface area contributed by atoms with E-state index in [4.69, 9.17) is 0 Å². The predicted octanol–water partition coefficient (Wildman–Crippen LogP) is 1.55. The van der Waals surface area contributed by atoms with Crippen LogP contribution in [-0.4, -0.2) is 28.2 Å². The molecule has 3 nitrogen and oxygen atoms in total. The van der Waals surface area contributed by atoms with Crippen molar-refractivity contribution in [2.75, 3.05) is 19.6 Å². The molecule has 0 aromatic rings. The molecule has 0 bridgehead atoms. The average molecular weight is 217 g/mol. The third kappa shape index (κ3) is 3.69. The van der Waals surface area contributed by atoms with E-state index in [-0.39, 0.29) is 0 Å². The Morgan fingerprint density at radius 1 is 0.857 bits per heavy atom. The number of hydrogen-bond acceptors (Lipinski definition) is 3. The minimum absolute atomic E-state index is 0.711. The molecule has 0 spiro atoms. The summed E-state index contributed by atoms with van der Waals surface area (Å²) < 4.78 is 0. The highest BCUT2D eigenvalue weighted by Gasteiger charge is 2.37. The van der Waals surface area contributed by atoms with Crippen LogP contribution in [0.25, 0.3) is 0 Å². The first-order chi connectivity index (χ1) is 6.66. The molecule has 0 radical (unpaired) electrons. The lowest BCUT2D eigenvalue weighted by Gasteiger charge is -2.37. The largest absolute Gasteiger partial charge is 0.313 e. The van der Waals surface area contributed by atoms with Crippen molar-refractivity contribution in [1.29, 1.82) is 0 Å². The van der Waals surface area contributed by atoms with Gasteiger partial charge in [0.2, 0.25) is 0 Å². The van der Waals surface area contributed by atoms with Gasteiger partial charge in [-0.3, -0.25) is 0 Å². The monoisotopic (exact) mass is 217 g/mol. The molecule has 0 saturated heterocycles. The highest BCUT2D eigenvalue weighted by Crippen LogP contribution is 2.17. The van der Waals surface area contributed by atoms with Gasteiger partial charge in [0.05, 0.1) is 0 Å². The molecule has 1 unspecified atom stereocenters. The maximum atomic E-state index is 3.67. The third-order valence-electron chi connectivity index (χ3n) is 2.72. The molecule has 0 aliphatic carbocycles. The molecule has 0 amide bonds. The summed E-state index contributed by atoms with van der Waals surface area (Å²) in [7, 11) is -1.65. The van der Waals surface area contributed by atoms with Crippen LogP contribution in [0.1, 0.15) is 41.0 Å². The molecule has 86 valence electrons. The Labute approximate surface area is 90.3 Å². The van der Waals surface area contributed by atoms with E-state index in [1.165, 1.54) is 6.42 Å². The molecule has 3 N–H and O–H groups in total. The molecule has 0 heterocycles. The van der Waals surface area contributed by atoms with Crippen molar-refractivity contribution in [1.82, 2.24) is 14.9 Å². The molecule has 0 aliphatic heterocycles. The summed E-state index contributed by atoms with van der Waals surface area (Å²) in [6.45, 7) is 14.2. The number of rotatable bonds is 8. The van der Waals surface area contributed by atoms with Gasteiger partial charge in [0.25, 0.3) is 8.56 Å². The van der Waals surface area contributed by atoms with Gasteiger partial charge in [0.1, 0.15) is 0 Å². The summed E-state index contributed by atoms with van der Waals surface area (Å²) in [5.41, 5.74) is 0.711. The van der Waals surface area contributed by atoms with E-state index in [0.29, 0.717) is 5.54 Å². The van der Waals surface area contributed by atoms with Gasteiger partial charge in [-0.2, -0.15) is 0 Å². The second-order valence-corrected chi connectivity index (χ2v) is 7.37. The Bertz CT molecular complexity index is 124. The summed E-state index contributed by atoms with van der Waals surface area (Å²) in [6.07, 6.45) is 1.22. The molecule has 14 heavy (non-hydrogen) atoms. The third-order valence-corrected chi connectivity index (χ3v) is 7.34. The molecular weight excluding hydrogens is 190 g/mol. The molecule has 1 atom stereocenters. The van der Waals surface area contributed by atoms with E-state index in [9.17, 15) is 0 Å². The second kappa shape index (κ2) is 7.40. The predicted molar refractivity (Wildman–Crippen MR) is 66.5 cm³/mol. The maximum Gasteiger partial charge on any atom is 0.284 e. The minimum Gasteiger partial charge on any atom is -0.313 e. The van der Waals surface area contributed by atoms with Crippen LogP contribution in [0.15, 0.2) is 0 Å². The summed E-state index contributed by atoms with van der Waals surface area (Å²) in [5, 5.41) is 0. The molecule has 4 heteroatoms. The van der Waals surface area contributed by atoms with E-state index in [2.05, 4.69) is 49.6 Å². The summed E-state index contributed by atoms with van der Waals surface area (Å²) >= 11 is 0. The van der Waals surface area contributed by atoms with Gasteiger partial charge in [-0.15, -0.1) is 0 Å². The highest BCUT2D eigenvalue weighted by atomic mass is 28.4. The fourth-order valence-electron chi connectivity index (χ4n) is 1.85. The fourth-order valence-corrected chi connectivity index (χ4v) is 5.56. The first-order valence-electron chi connectivity index (χ1n) is 5.91. The van der Waals surface area contributed by atoms with Gasteiger partial charge in [0, 0.05) is 0 Å². The summed E-state index contributed by atoms with van der Waals surface area (Å²) in [6, 6.07) is 0. The molecule has 0 aromatic heterocycles. The molecule has 0 aliphatic rings. The van der Waals surface area contributed by atoms with Crippen molar-refractivity contribution in [3.05, 3.63) is 0 Å². The lowest BCUT2D eigenvalue weighted by molar-refractivity contribution is 0.683. The van der Waals surface area contributed by atoms with Crippen LogP contribution in [0.3, 0.4) is 0 Å². The van der Waals surface area contributed by atoms with Gasteiger partial charge in [-0.1, -0.05) is 41.0 Å². The van der Waals surface area contributed by atoms with Gasteiger partial charge in [0.15, 0.2) is 0 Å². The Kier molecular flexibility index (Phi) is 7.45. The zero-order valence-corrected chi connectivity index (χ0v) is 11.4. The Balaban J connectivity index is 4.53. The van der Waals surface area contributed by atoms with Crippen LogP contribution >= 0.6 is 0 Å². The first-order valence-corrected chi connectivity index (χ1v) is 7.99. The van der Waals surface area contributed by atoms with Crippen molar-refractivity contribution < 1.29 is 0 Å².